The van der Waals surface area contributed by atoms with Crippen molar-refractivity contribution in [2.24, 2.45) is 0 Å². The van der Waals surface area contributed by atoms with Gasteiger partial charge in [-0.3, -0.25) is 9.78 Å². The highest BCUT2D eigenvalue weighted by atomic mass is 17.2. The van der Waals surface area contributed by atoms with Crippen LogP contribution in [0.5, 0.6) is 11.5 Å². The number of unbranched alkanes of at least 4 members (excludes halogenated alkanes) is 7. The molecule has 0 N–H and O–H groups in total. The van der Waals surface area contributed by atoms with Crippen LogP contribution in [0.2, 0.25) is 0 Å². The number of hydrogen-bond acceptors (Lipinski definition) is 9. The molecule has 1 unspecified atom stereocenters. The molecule has 5 rings (SSSR count). The van der Waals surface area contributed by atoms with Crippen LogP contribution in [0.1, 0.15) is 127 Å². The highest BCUT2D eigenvalue weighted by Gasteiger charge is 2.53. The quantitative estimate of drug-likeness (QED) is 0.0810. The lowest BCUT2D eigenvalue weighted by Gasteiger charge is -2.36. The molecule has 238 valence electrons. The van der Waals surface area contributed by atoms with Gasteiger partial charge in [0.15, 0.2) is 5.60 Å². The van der Waals surface area contributed by atoms with E-state index in [0.717, 1.165) is 19.3 Å². The SMILES string of the molecule is CCCCCCCCCCOOC(=O)c1ccc2c(c1)Oc1cc(C(=O)OOC(C)(C)C)ccc1C21OC(=O)c2ccccc21. The van der Waals surface area contributed by atoms with E-state index in [1.807, 2.05) is 12.1 Å². The molecule has 0 amide bonds. The molecule has 9 heteroatoms. The zero-order chi connectivity index (χ0) is 32.0. The van der Waals surface area contributed by atoms with E-state index in [-0.39, 0.29) is 22.6 Å². The first kappa shape index (κ1) is 32.2. The Morgan fingerprint density at radius 3 is 1.93 bits per heavy atom. The number of fused-ring (bicyclic) bond motifs is 6. The van der Waals surface area contributed by atoms with E-state index in [4.69, 9.17) is 29.0 Å². The molecule has 1 spiro atoms. The molecule has 0 saturated carbocycles. The molecule has 0 saturated heterocycles. The topological polar surface area (TPSA) is 107 Å². The monoisotopic (exact) mass is 616 g/mol. The van der Waals surface area contributed by atoms with Gasteiger partial charge in [0.1, 0.15) is 17.1 Å². The van der Waals surface area contributed by atoms with Gasteiger partial charge in [-0.15, -0.1) is 0 Å². The van der Waals surface area contributed by atoms with Crippen molar-refractivity contribution in [2.45, 2.75) is 90.3 Å². The van der Waals surface area contributed by atoms with E-state index in [1.165, 1.54) is 44.2 Å². The van der Waals surface area contributed by atoms with Gasteiger partial charge in [0.25, 0.3) is 0 Å². The zero-order valence-corrected chi connectivity index (χ0v) is 26.3. The lowest BCUT2D eigenvalue weighted by Crippen LogP contribution is -2.33. The molecule has 0 aromatic heterocycles. The minimum atomic E-state index is -1.36. The summed E-state index contributed by atoms with van der Waals surface area (Å²) < 4.78 is 12.4. The van der Waals surface area contributed by atoms with Crippen molar-refractivity contribution < 1.29 is 43.4 Å². The number of esters is 1. The lowest BCUT2D eigenvalue weighted by atomic mass is 9.77. The second kappa shape index (κ2) is 13.8. The molecule has 0 bridgehead atoms. The van der Waals surface area contributed by atoms with Crippen LogP contribution in [-0.4, -0.2) is 30.1 Å². The van der Waals surface area contributed by atoms with Gasteiger partial charge in [0.2, 0.25) is 0 Å². The highest BCUT2D eigenvalue weighted by molar-refractivity contribution is 5.98. The van der Waals surface area contributed by atoms with Crippen LogP contribution in [0.4, 0.5) is 0 Å². The van der Waals surface area contributed by atoms with Gasteiger partial charge in [-0.1, -0.05) is 70.1 Å². The maximum atomic E-state index is 13.1. The highest BCUT2D eigenvalue weighted by Crippen LogP contribution is 2.56. The summed E-state index contributed by atoms with van der Waals surface area (Å²) in [6, 6.07) is 16.6. The molecule has 45 heavy (non-hydrogen) atoms. The third-order valence-electron chi connectivity index (χ3n) is 7.77. The first-order chi connectivity index (χ1) is 21.6. The standard InChI is InChI=1S/C36H40O9/c1-5-6-7-8-9-10-11-14-21-40-43-32(37)24-17-19-28-30(22-24)41-31-23-25(33(38)44-45-35(2,3)4)18-20-29(31)36(28)27-16-13-12-15-26(27)34(39)42-36/h12-13,15-20,22-23H,5-11,14,21H2,1-4H3. The lowest BCUT2D eigenvalue weighted by molar-refractivity contribution is -0.301. The Morgan fingerprint density at radius 2 is 1.31 bits per heavy atom. The molecule has 0 radical (unpaired) electrons. The predicted molar refractivity (Wildman–Crippen MR) is 165 cm³/mol. The molecular weight excluding hydrogens is 576 g/mol. The van der Waals surface area contributed by atoms with Crippen molar-refractivity contribution in [2.75, 3.05) is 6.61 Å². The van der Waals surface area contributed by atoms with Crippen LogP contribution < -0.4 is 4.74 Å². The Balaban J connectivity index is 1.35. The summed E-state index contributed by atoms with van der Waals surface area (Å²) in [7, 11) is 0. The maximum absolute atomic E-state index is 13.1. The third-order valence-corrected chi connectivity index (χ3v) is 7.77. The molecule has 0 fully saturated rings. The molecule has 2 heterocycles. The van der Waals surface area contributed by atoms with Crippen LogP contribution in [0.3, 0.4) is 0 Å². The summed E-state index contributed by atoms with van der Waals surface area (Å²) >= 11 is 0. The van der Waals surface area contributed by atoms with E-state index in [2.05, 4.69) is 6.92 Å². The fourth-order valence-corrected chi connectivity index (χ4v) is 5.58. The van der Waals surface area contributed by atoms with Crippen molar-refractivity contribution in [1.82, 2.24) is 0 Å². The Kier molecular flexibility index (Phi) is 9.90. The van der Waals surface area contributed by atoms with Crippen LogP contribution in [0.15, 0.2) is 60.7 Å². The second-order valence-electron chi connectivity index (χ2n) is 12.4. The number of hydrogen-bond donors (Lipinski definition) is 0. The smallest absolute Gasteiger partial charge is 0.373 e. The number of rotatable bonds is 13. The Morgan fingerprint density at radius 1 is 0.733 bits per heavy atom. The van der Waals surface area contributed by atoms with E-state index >= 15 is 0 Å². The van der Waals surface area contributed by atoms with E-state index < -0.39 is 29.1 Å². The fourth-order valence-electron chi connectivity index (χ4n) is 5.58. The van der Waals surface area contributed by atoms with Crippen molar-refractivity contribution >= 4 is 17.9 Å². The minimum Gasteiger partial charge on any atom is -0.456 e. The molecular formula is C36H40O9. The number of ether oxygens (including phenoxy) is 2. The third kappa shape index (κ3) is 7.05. The predicted octanol–water partition coefficient (Wildman–Crippen LogP) is 8.37. The van der Waals surface area contributed by atoms with Crippen molar-refractivity contribution in [3.05, 3.63) is 94.0 Å². The van der Waals surface area contributed by atoms with Crippen LogP contribution in [-0.2, 0) is 29.9 Å². The summed E-state index contributed by atoms with van der Waals surface area (Å²) in [6.45, 7) is 7.78. The first-order valence-electron chi connectivity index (χ1n) is 15.7. The normalized spacial score (nSPS) is 16.3. The van der Waals surface area contributed by atoms with Crippen LogP contribution >= 0.6 is 0 Å². The fraction of sp³-hybridized carbons (Fsp3) is 0.417. The van der Waals surface area contributed by atoms with Gasteiger partial charge in [-0.2, -0.15) is 9.78 Å². The van der Waals surface area contributed by atoms with E-state index in [9.17, 15) is 14.4 Å². The number of benzene rings is 3. The Labute approximate surface area is 263 Å². The van der Waals surface area contributed by atoms with E-state index in [1.54, 1.807) is 57.2 Å². The average Bonchev–Trinajstić information content (AvgIpc) is 3.32. The first-order valence-corrected chi connectivity index (χ1v) is 15.7. The largest absolute Gasteiger partial charge is 0.456 e. The Bertz CT molecular complexity index is 1550. The molecule has 0 aliphatic carbocycles. The molecule has 3 aromatic rings. The van der Waals surface area contributed by atoms with Crippen molar-refractivity contribution in [3.63, 3.8) is 0 Å². The van der Waals surface area contributed by atoms with Crippen molar-refractivity contribution in [1.29, 1.82) is 0 Å². The van der Waals surface area contributed by atoms with Gasteiger partial charge < -0.3 is 9.47 Å². The summed E-state index contributed by atoms with van der Waals surface area (Å²) in [5, 5.41) is 0. The minimum absolute atomic E-state index is 0.166. The molecule has 3 aromatic carbocycles. The second-order valence-corrected chi connectivity index (χ2v) is 12.4. The van der Waals surface area contributed by atoms with Gasteiger partial charge in [0, 0.05) is 16.7 Å². The van der Waals surface area contributed by atoms with Crippen LogP contribution in [0.25, 0.3) is 0 Å². The molecule has 2 aliphatic heterocycles. The number of carbonyl (C=O) groups excluding carboxylic acids is 3. The van der Waals surface area contributed by atoms with Crippen LogP contribution in [0, 0.1) is 0 Å². The van der Waals surface area contributed by atoms with Crippen molar-refractivity contribution in [3.8, 4) is 11.5 Å². The molecule has 1 atom stereocenters. The van der Waals surface area contributed by atoms with Gasteiger partial charge in [-0.25, -0.2) is 14.4 Å². The summed E-state index contributed by atoms with van der Waals surface area (Å²) in [5.74, 6) is -1.37. The maximum Gasteiger partial charge on any atom is 0.373 e. The van der Waals surface area contributed by atoms with Gasteiger partial charge in [0.05, 0.1) is 23.3 Å². The summed E-state index contributed by atoms with van der Waals surface area (Å²) in [6.07, 6.45) is 9.17. The number of carbonyl (C=O) groups is 3. The summed E-state index contributed by atoms with van der Waals surface area (Å²) in [4.78, 5) is 59.4. The summed E-state index contributed by atoms with van der Waals surface area (Å²) in [5.41, 5.74) is 0.368. The van der Waals surface area contributed by atoms with Gasteiger partial charge in [-0.05, 0) is 69.7 Å². The average molecular weight is 617 g/mol. The molecule has 2 aliphatic rings. The zero-order valence-electron chi connectivity index (χ0n) is 26.3. The Hall–Kier alpha value is -4.21. The molecule has 9 nitrogen and oxygen atoms in total. The van der Waals surface area contributed by atoms with E-state index in [0.29, 0.717) is 28.9 Å². The van der Waals surface area contributed by atoms with Gasteiger partial charge >= 0.3 is 17.9 Å².